The van der Waals surface area contributed by atoms with E-state index in [9.17, 15) is 13.2 Å². The quantitative estimate of drug-likeness (QED) is 0.738. The van der Waals surface area contributed by atoms with Crippen molar-refractivity contribution in [2.75, 3.05) is 5.73 Å². The number of benzene rings is 1. The molecule has 0 saturated heterocycles. The molecule has 2 N–H and O–H groups in total. The van der Waals surface area contributed by atoms with Crippen LogP contribution >= 0.6 is 0 Å². The molecule has 0 fully saturated rings. The number of nitrogens with two attached hydrogens (primary N) is 1. The second-order valence-corrected chi connectivity index (χ2v) is 3.00. The van der Waals surface area contributed by atoms with Crippen molar-refractivity contribution in [3.8, 4) is 5.75 Å². The molecule has 0 bridgehead atoms. The summed E-state index contributed by atoms with van der Waals surface area (Å²) in [6.07, 6.45) is -4.67. The Labute approximate surface area is 107 Å². The van der Waals surface area contributed by atoms with Gasteiger partial charge < -0.3 is 10.5 Å². The maximum absolute atomic E-state index is 11.8. The lowest BCUT2D eigenvalue weighted by atomic mass is 10.1. The molecule has 0 atom stereocenters. The van der Waals surface area contributed by atoms with Crippen LogP contribution in [-0.4, -0.2) is 6.36 Å². The van der Waals surface area contributed by atoms with Gasteiger partial charge >= 0.3 is 6.36 Å². The minimum atomic E-state index is -4.67. The summed E-state index contributed by atoms with van der Waals surface area (Å²) in [6.45, 7) is 11.4. The lowest BCUT2D eigenvalue weighted by Crippen LogP contribution is -2.17. The van der Waals surface area contributed by atoms with Gasteiger partial charge in [-0.05, 0) is 31.0 Å². The molecule has 2 nitrogen and oxygen atoms in total. The van der Waals surface area contributed by atoms with Crippen LogP contribution in [0.15, 0.2) is 12.1 Å². The molecule has 1 aromatic carbocycles. The molecule has 0 radical (unpaired) electrons. The number of hydrogen-bond acceptors (Lipinski definition) is 2. The lowest BCUT2D eigenvalue weighted by molar-refractivity contribution is -0.274. The van der Waals surface area contributed by atoms with E-state index in [2.05, 4.69) is 4.74 Å². The predicted molar refractivity (Wildman–Crippen MR) is 69.7 cm³/mol. The number of alkyl halides is 3. The number of ether oxygens (including phenoxy) is 1. The second-order valence-electron chi connectivity index (χ2n) is 3.00. The normalized spacial score (nSPS) is 9.61. The summed E-state index contributed by atoms with van der Waals surface area (Å²) in [4.78, 5) is 0. The van der Waals surface area contributed by atoms with E-state index in [1.807, 2.05) is 27.7 Å². The van der Waals surface area contributed by atoms with E-state index in [1.54, 1.807) is 13.8 Å². The third-order valence-electron chi connectivity index (χ3n) is 1.91. The van der Waals surface area contributed by atoms with Crippen molar-refractivity contribution in [2.24, 2.45) is 0 Å². The molecule has 0 aliphatic rings. The Balaban J connectivity index is 0. The first-order valence-electron chi connectivity index (χ1n) is 5.92. The predicted octanol–water partition coefficient (Wildman–Crippen LogP) is 4.84. The van der Waals surface area contributed by atoms with Gasteiger partial charge in [0, 0.05) is 11.8 Å². The van der Waals surface area contributed by atoms with Crippen molar-refractivity contribution in [3.05, 3.63) is 23.3 Å². The summed E-state index contributed by atoms with van der Waals surface area (Å²) >= 11 is 0. The molecule has 0 aliphatic heterocycles. The zero-order chi connectivity index (χ0) is 14.9. The Morgan fingerprint density at radius 2 is 1.44 bits per heavy atom. The molecular formula is C13H22F3NO. The summed E-state index contributed by atoms with van der Waals surface area (Å²) in [5.74, 6) is -0.280. The monoisotopic (exact) mass is 265 g/mol. The van der Waals surface area contributed by atoms with Crippen LogP contribution in [0.25, 0.3) is 0 Å². The van der Waals surface area contributed by atoms with Crippen molar-refractivity contribution < 1.29 is 17.9 Å². The first-order chi connectivity index (χ1) is 8.29. The fourth-order valence-electron chi connectivity index (χ4n) is 1.05. The molecule has 1 rings (SSSR count). The van der Waals surface area contributed by atoms with Crippen LogP contribution in [0.5, 0.6) is 5.75 Å². The van der Waals surface area contributed by atoms with Crippen molar-refractivity contribution in [2.45, 2.75) is 47.9 Å². The average molecular weight is 265 g/mol. The van der Waals surface area contributed by atoms with Gasteiger partial charge in [-0.25, -0.2) is 0 Å². The fourth-order valence-corrected chi connectivity index (χ4v) is 1.05. The van der Waals surface area contributed by atoms with E-state index >= 15 is 0 Å². The summed E-state index contributed by atoms with van der Waals surface area (Å²) in [7, 11) is 0. The highest BCUT2D eigenvalue weighted by molar-refractivity contribution is 5.54. The van der Waals surface area contributed by atoms with Gasteiger partial charge in [-0.3, -0.25) is 0 Å². The molecule has 0 heterocycles. The lowest BCUT2D eigenvalue weighted by Gasteiger charge is -2.11. The number of rotatable bonds is 1. The molecule has 0 spiro atoms. The van der Waals surface area contributed by atoms with Crippen molar-refractivity contribution in [3.63, 3.8) is 0 Å². The van der Waals surface area contributed by atoms with Gasteiger partial charge in [0.25, 0.3) is 0 Å². The second kappa shape index (κ2) is 8.66. The SMILES string of the molecule is CC.CC.Cc1cc(OC(F)(F)F)cc(N)c1C. The highest BCUT2D eigenvalue weighted by atomic mass is 19.4. The highest BCUT2D eigenvalue weighted by Crippen LogP contribution is 2.28. The Kier molecular flexibility index (Phi) is 9.13. The van der Waals surface area contributed by atoms with Gasteiger partial charge in [0.15, 0.2) is 0 Å². The first kappa shape index (κ1) is 19.0. The Hall–Kier alpha value is -1.39. The summed E-state index contributed by atoms with van der Waals surface area (Å²) in [6, 6.07) is 2.47. The third kappa shape index (κ3) is 7.04. The standard InChI is InChI=1S/C9H10F3NO.2C2H6/c1-5-3-7(14-9(10,11)12)4-8(13)6(5)2;2*1-2/h3-4H,13H2,1-2H3;2*1-2H3. The molecule has 0 amide bonds. The van der Waals surface area contributed by atoms with E-state index in [0.717, 1.165) is 11.6 Å². The molecule has 18 heavy (non-hydrogen) atoms. The Morgan fingerprint density at radius 3 is 1.78 bits per heavy atom. The Morgan fingerprint density at radius 1 is 1.00 bits per heavy atom. The van der Waals surface area contributed by atoms with Crippen LogP contribution in [0, 0.1) is 13.8 Å². The smallest absolute Gasteiger partial charge is 0.406 e. The number of nitrogen functional groups attached to an aromatic ring is 1. The third-order valence-corrected chi connectivity index (χ3v) is 1.91. The van der Waals surface area contributed by atoms with E-state index < -0.39 is 6.36 Å². The number of halogens is 3. The van der Waals surface area contributed by atoms with Crippen molar-refractivity contribution in [1.82, 2.24) is 0 Å². The number of aryl methyl sites for hydroxylation is 1. The van der Waals surface area contributed by atoms with Crippen LogP contribution in [-0.2, 0) is 0 Å². The zero-order valence-corrected chi connectivity index (χ0v) is 11.8. The number of hydrogen-bond donors (Lipinski definition) is 1. The minimum absolute atomic E-state index is 0.280. The van der Waals surface area contributed by atoms with Gasteiger partial charge in [-0.1, -0.05) is 27.7 Å². The van der Waals surface area contributed by atoms with Gasteiger partial charge in [-0.2, -0.15) is 0 Å². The summed E-state index contributed by atoms with van der Waals surface area (Å²) < 4.78 is 39.3. The summed E-state index contributed by atoms with van der Waals surface area (Å²) in [5, 5.41) is 0. The minimum Gasteiger partial charge on any atom is -0.406 e. The molecule has 106 valence electrons. The first-order valence-corrected chi connectivity index (χ1v) is 5.92. The van der Waals surface area contributed by atoms with Crippen LogP contribution < -0.4 is 10.5 Å². The maximum atomic E-state index is 11.8. The molecule has 0 aromatic heterocycles. The maximum Gasteiger partial charge on any atom is 0.573 e. The zero-order valence-electron chi connectivity index (χ0n) is 11.8. The van der Waals surface area contributed by atoms with E-state index in [0.29, 0.717) is 11.3 Å². The van der Waals surface area contributed by atoms with Crippen LogP contribution in [0.3, 0.4) is 0 Å². The molecule has 0 aliphatic carbocycles. The van der Waals surface area contributed by atoms with Crippen LogP contribution in [0.4, 0.5) is 18.9 Å². The van der Waals surface area contributed by atoms with Crippen LogP contribution in [0.1, 0.15) is 38.8 Å². The molecule has 1 aromatic rings. The number of anilines is 1. The molecular weight excluding hydrogens is 243 g/mol. The van der Waals surface area contributed by atoms with Gasteiger partial charge in [-0.15, -0.1) is 13.2 Å². The van der Waals surface area contributed by atoms with E-state index in [-0.39, 0.29) is 5.75 Å². The fraction of sp³-hybridized carbons (Fsp3) is 0.538. The van der Waals surface area contributed by atoms with E-state index in [1.165, 1.54) is 6.07 Å². The Bertz CT molecular complexity index is 326. The van der Waals surface area contributed by atoms with Crippen LogP contribution in [0.2, 0.25) is 0 Å². The highest BCUT2D eigenvalue weighted by Gasteiger charge is 2.31. The van der Waals surface area contributed by atoms with Crippen molar-refractivity contribution in [1.29, 1.82) is 0 Å². The molecule has 0 saturated carbocycles. The largest absolute Gasteiger partial charge is 0.573 e. The summed E-state index contributed by atoms with van der Waals surface area (Å²) in [5.41, 5.74) is 7.22. The topological polar surface area (TPSA) is 35.2 Å². The van der Waals surface area contributed by atoms with Gasteiger partial charge in [0.05, 0.1) is 0 Å². The van der Waals surface area contributed by atoms with Crippen molar-refractivity contribution >= 4 is 5.69 Å². The average Bonchev–Trinajstić information content (AvgIpc) is 2.29. The van der Waals surface area contributed by atoms with Gasteiger partial charge in [0.1, 0.15) is 5.75 Å². The van der Waals surface area contributed by atoms with E-state index in [4.69, 9.17) is 5.73 Å². The van der Waals surface area contributed by atoms with Gasteiger partial charge in [0.2, 0.25) is 0 Å². The molecule has 5 heteroatoms. The molecule has 0 unspecified atom stereocenters.